The molecule has 0 spiro atoms. The number of anilines is 1. The van der Waals surface area contributed by atoms with Crippen LogP contribution in [0.4, 0.5) is 5.69 Å². The monoisotopic (exact) mass is 352 g/mol. The fourth-order valence-corrected chi connectivity index (χ4v) is 3.11. The van der Waals surface area contributed by atoms with E-state index in [1.165, 1.54) is 0 Å². The number of nitrogens with zero attached hydrogens (tertiary/aromatic N) is 1. The molecule has 0 atom stereocenters. The summed E-state index contributed by atoms with van der Waals surface area (Å²) in [6.45, 7) is 3.20. The molecule has 1 N–H and O–H groups in total. The SMILES string of the molecule is Cc1cccc(NC(=O)C2CCN(C(=O)COc3ccccc3)CC2)c1. The highest BCUT2D eigenvalue weighted by Gasteiger charge is 2.27. The van der Waals surface area contributed by atoms with Gasteiger partial charge in [0.2, 0.25) is 5.91 Å². The highest BCUT2D eigenvalue weighted by atomic mass is 16.5. The Morgan fingerprint density at radius 2 is 1.81 bits per heavy atom. The highest BCUT2D eigenvalue weighted by molar-refractivity contribution is 5.92. The summed E-state index contributed by atoms with van der Waals surface area (Å²) in [5.41, 5.74) is 1.94. The van der Waals surface area contributed by atoms with Crippen LogP contribution in [-0.4, -0.2) is 36.4 Å². The molecule has 2 amide bonds. The number of benzene rings is 2. The molecule has 0 aromatic heterocycles. The number of hydrogen-bond acceptors (Lipinski definition) is 3. The number of hydrogen-bond donors (Lipinski definition) is 1. The number of carbonyl (C=O) groups is 2. The standard InChI is InChI=1S/C21H24N2O3/c1-16-6-5-7-18(14-16)22-21(25)17-10-12-23(13-11-17)20(24)15-26-19-8-3-2-4-9-19/h2-9,14,17H,10-13,15H2,1H3,(H,22,25). The Bertz CT molecular complexity index is 753. The summed E-state index contributed by atoms with van der Waals surface area (Å²) in [5, 5.41) is 2.98. The molecule has 2 aromatic rings. The fraction of sp³-hybridized carbons (Fsp3) is 0.333. The first-order valence-electron chi connectivity index (χ1n) is 8.95. The molecule has 0 aliphatic carbocycles. The largest absolute Gasteiger partial charge is 0.484 e. The van der Waals surface area contributed by atoms with Gasteiger partial charge in [-0.25, -0.2) is 0 Å². The zero-order chi connectivity index (χ0) is 18.4. The summed E-state index contributed by atoms with van der Waals surface area (Å²) in [5.74, 6) is 0.623. The van der Waals surface area contributed by atoms with Gasteiger partial charge in [0.15, 0.2) is 6.61 Å². The molecule has 0 unspecified atom stereocenters. The van der Waals surface area contributed by atoms with Gasteiger partial charge in [0.1, 0.15) is 5.75 Å². The number of ether oxygens (including phenoxy) is 1. The van der Waals surface area contributed by atoms with Crippen LogP contribution in [0.2, 0.25) is 0 Å². The molecule has 0 saturated carbocycles. The third-order valence-corrected chi connectivity index (χ3v) is 4.61. The van der Waals surface area contributed by atoms with Gasteiger partial charge in [0.25, 0.3) is 5.91 Å². The third-order valence-electron chi connectivity index (χ3n) is 4.61. The molecule has 1 heterocycles. The average Bonchev–Trinajstić information content (AvgIpc) is 2.67. The molecular formula is C21H24N2O3. The van der Waals surface area contributed by atoms with Crippen LogP contribution in [0.15, 0.2) is 54.6 Å². The predicted octanol–water partition coefficient (Wildman–Crippen LogP) is 3.25. The molecule has 26 heavy (non-hydrogen) atoms. The minimum absolute atomic E-state index is 0.0308. The van der Waals surface area contributed by atoms with Crippen molar-refractivity contribution in [1.29, 1.82) is 0 Å². The predicted molar refractivity (Wildman–Crippen MR) is 101 cm³/mol. The molecule has 1 aliphatic rings. The number of carbonyl (C=O) groups excluding carboxylic acids is 2. The molecule has 2 aromatic carbocycles. The maximum Gasteiger partial charge on any atom is 0.260 e. The Morgan fingerprint density at radius 1 is 1.08 bits per heavy atom. The van der Waals surface area contributed by atoms with Gasteiger partial charge in [-0.1, -0.05) is 30.3 Å². The van der Waals surface area contributed by atoms with Crippen molar-refractivity contribution in [3.63, 3.8) is 0 Å². The van der Waals surface area contributed by atoms with Gasteiger partial charge in [-0.2, -0.15) is 0 Å². The van der Waals surface area contributed by atoms with E-state index in [4.69, 9.17) is 4.74 Å². The Hall–Kier alpha value is -2.82. The quantitative estimate of drug-likeness (QED) is 0.899. The molecular weight excluding hydrogens is 328 g/mol. The van der Waals surface area contributed by atoms with E-state index in [1.807, 2.05) is 61.5 Å². The van der Waals surface area contributed by atoms with Crippen molar-refractivity contribution in [2.75, 3.05) is 25.0 Å². The van der Waals surface area contributed by atoms with Crippen LogP contribution in [-0.2, 0) is 9.59 Å². The Labute approximate surface area is 154 Å². The fourth-order valence-electron chi connectivity index (χ4n) is 3.11. The number of piperidine rings is 1. The number of rotatable bonds is 5. The molecule has 1 aliphatic heterocycles. The van der Waals surface area contributed by atoms with Crippen molar-refractivity contribution in [2.45, 2.75) is 19.8 Å². The molecule has 5 heteroatoms. The molecule has 5 nitrogen and oxygen atoms in total. The molecule has 1 saturated heterocycles. The number of amides is 2. The van der Waals surface area contributed by atoms with E-state index in [0.717, 1.165) is 11.3 Å². The normalized spacial score (nSPS) is 14.7. The van der Waals surface area contributed by atoms with Crippen LogP contribution in [0.5, 0.6) is 5.75 Å². The van der Waals surface area contributed by atoms with Gasteiger partial charge in [-0.3, -0.25) is 9.59 Å². The van der Waals surface area contributed by atoms with Crippen LogP contribution < -0.4 is 10.1 Å². The lowest BCUT2D eigenvalue weighted by Crippen LogP contribution is -2.43. The lowest BCUT2D eigenvalue weighted by molar-refractivity contribution is -0.136. The first-order chi connectivity index (χ1) is 12.6. The first-order valence-corrected chi connectivity index (χ1v) is 8.95. The Morgan fingerprint density at radius 3 is 2.50 bits per heavy atom. The summed E-state index contributed by atoms with van der Waals surface area (Å²) in [6, 6.07) is 17.1. The summed E-state index contributed by atoms with van der Waals surface area (Å²) in [4.78, 5) is 26.5. The van der Waals surface area contributed by atoms with E-state index in [9.17, 15) is 9.59 Å². The molecule has 3 rings (SSSR count). The van der Waals surface area contributed by atoms with E-state index < -0.39 is 0 Å². The van der Waals surface area contributed by atoms with Crippen LogP contribution in [0, 0.1) is 12.8 Å². The number of nitrogens with one attached hydrogen (secondary N) is 1. The van der Waals surface area contributed by atoms with E-state index >= 15 is 0 Å². The number of likely N-dealkylation sites (tertiary alicyclic amines) is 1. The molecule has 1 fully saturated rings. The number of aryl methyl sites for hydroxylation is 1. The second-order valence-corrected chi connectivity index (χ2v) is 6.62. The molecule has 0 radical (unpaired) electrons. The van der Waals surface area contributed by atoms with Crippen molar-refractivity contribution in [3.05, 3.63) is 60.2 Å². The maximum atomic E-state index is 12.4. The van der Waals surface area contributed by atoms with Crippen molar-refractivity contribution in [1.82, 2.24) is 4.90 Å². The van der Waals surface area contributed by atoms with Gasteiger partial charge in [-0.15, -0.1) is 0 Å². The molecule has 0 bridgehead atoms. The average molecular weight is 352 g/mol. The minimum atomic E-state index is -0.0606. The second-order valence-electron chi connectivity index (χ2n) is 6.62. The number of para-hydroxylation sites is 1. The van der Waals surface area contributed by atoms with Crippen molar-refractivity contribution < 1.29 is 14.3 Å². The van der Waals surface area contributed by atoms with Crippen molar-refractivity contribution in [2.24, 2.45) is 5.92 Å². The summed E-state index contributed by atoms with van der Waals surface area (Å²) in [7, 11) is 0. The lowest BCUT2D eigenvalue weighted by Gasteiger charge is -2.31. The van der Waals surface area contributed by atoms with E-state index in [2.05, 4.69) is 5.32 Å². The summed E-state index contributed by atoms with van der Waals surface area (Å²) in [6.07, 6.45) is 1.35. The van der Waals surface area contributed by atoms with Gasteiger partial charge in [0, 0.05) is 24.7 Å². The van der Waals surface area contributed by atoms with Crippen LogP contribution in [0.3, 0.4) is 0 Å². The zero-order valence-corrected chi connectivity index (χ0v) is 15.0. The van der Waals surface area contributed by atoms with E-state index in [-0.39, 0.29) is 24.3 Å². The van der Waals surface area contributed by atoms with Crippen molar-refractivity contribution >= 4 is 17.5 Å². The topological polar surface area (TPSA) is 58.6 Å². The maximum absolute atomic E-state index is 12.4. The van der Waals surface area contributed by atoms with Crippen LogP contribution >= 0.6 is 0 Å². The molecule has 136 valence electrons. The zero-order valence-electron chi connectivity index (χ0n) is 15.0. The summed E-state index contributed by atoms with van der Waals surface area (Å²) < 4.78 is 5.52. The van der Waals surface area contributed by atoms with Crippen LogP contribution in [0.1, 0.15) is 18.4 Å². The third kappa shape index (κ3) is 4.85. The highest BCUT2D eigenvalue weighted by Crippen LogP contribution is 2.20. The van der Waals surface area contributed by atoms with E-state index in [1.54, 1.807) is 4.90 Å². The van der Waals surface area contributed by atoms with E-state index in [0.29, 0.717) is 31.7 Å². The van der Waals surface area contributed by atoms with Gasteiger partial charge < -0.3 is 15.0 Å². The lowest BCUT2D eigenvalue weighted by atomic mass is 9.95. The van der Waals surface area contributed by atoms with Gasteiger partial charge in [-0.05, 0) is 49.6 Å². The first kappa shape index (κ1) is 18.0. The smallest absolute Gasteiger partial charge is 0.260 e. The Kier molecular flexibility index (Phi) is 5.89. The second kappa shape index (κ2) is 8.52. The summed E-state index contributed by atoms with van der Waals surface area (Å²) >= 11 is 0. The van der Waals surface area contributed by atoms with Crippen molar-refractivity contribution in [3.8, 4) is 5.75 Å². The van der Waals surface area contributed by atoms with Gasteiger partial charge in [0.05, 0.1) is 0 Å². The van der Waals surface area contributed by atoms with Crippen LogP contribution in [0.25, 0.3) is 0 Å². The van der Waals surface area contributed by atoms with Gasteiger partial charge >= 0.3 is 0 Å². The Balaban J connectivity index is 1.44. The minimum Gasteiger partial charge on any atom is -0.484 e.